The van der Waals surface area contributed by atoms with Crippen LogP contribution >= 0.6 is 0 Å². The first-order chi connectivity index (χ1) is 22.9. The van der Waals surface area contributed by atoms with Crippen molar-refractivity contribution in [1.82, 2.24) is 0 Å². The van der Waals surface area contributed by atoms with Crippen LogP contribution in [0.1, 0.15) is 56.3 Å². The lowest BCUT2D eigenvalue weighted by molar-refractivity contribution is 0.724. The summed E-state index contributed by atoms with van der Waals surface area (Å²) in [5.41, 5.74) is 24.7. The van der Waals surface area contributed by atoms with E-state index in [-0.39, 0.29) is 11.8 Å². The fraction of sp³-hybridized carbons (Fsp3) is 0.0435. The van der Waals surface area contributed by atoms with Gasteiger partial charge in [0.2, 0.25) is 0 Å². The zero-order valence-electron chi connectivity index (χ0n) is 25.2. The Morgan fingerprint density at radius 1 is 0.217 bits per heavy atom. The third-order valence-electron chi connectivity index (χ3n) is 11.0. The van der Waals surface area contributed by atoms with E-state index >= 15 is 0 Å². The molecule has 0 saturated carbocycles. The minimum absolute atomic E-state index is 0.248. The van der Waals surface area contributed by atoms with Gasteiger partial charge in [-0.15, -0.1) is 0 Å². The van der Waals surface area contributed by atoms with Crippen LogP contribution in [-0.2, 0) is 0 Å². The van der Waals surface area contributed by atoms with Crippen molar-refractivity contribution in [1.29, 1.82) is 0 Å². The van der Waals surface area contributed by atoms with Crippen molar-refractivity contribution in [3.05, 3.63) is 202 Å². The van der Waals surface area contributed by atoms with E-state index in [1.54, 1.807) is 0 Å². The molecule has 0 fully saturated rings. The molecule has 11 rings (SSSR count). The highest BCUT2D eigenvalue weighted by Gasteiger charge is 2.42. The monoisotopic (exact) mass is 580 g/mol. The van der Waals surface area contributed by atoms with Crippen LogP contribution in [0.4, 0.5) is 0 Å². The molecule has 4 aliphatic carbocycles. The summed E-state index contributed by atoms with van der Waals surface area (Å²) in [5.74, 6) is 0.522. The van der Waals surface area contributed by atoms with Crippen molar-refractivity contribution in [2.45, 2.75) is 11.8 Å². The van der Waals surface area contributed by atoms with E-state index in [1.807, 2.05) is 0 Å². The Hall–Kier alpha value is -5.72. The maximum Gasteiger partial charge on any atom is 0.0212 e. The van der Waals surface area contributed by atoms with Crippen LogP contribution in [0.15, 0.2) is 158 Å². The molecule has 0 saturated heterocycles. The zero-order valence-corrected chi connectivity index (χ0v) is 25.2. The second-order valence-electron chi connectivity index (χ2n) is 13.1. The van der Waals surface area contributed by atoms with Crippen LogP contribution in [0.5, 0.6) is 0 Å². The van der Waals surface area contributed by atoms with Crippen molar-refractivity contribution in [2.75, 3.05) is 0 Å². The summed E-state index contributed by atoms with van der Waals surface area (Å²) >= 11 is 0. The highest BCUT2D eigenvalue weighted by Crippen LogP contribution is 2.61. The van der Waals surface area contributed by atoms with E-state index in [1.165, 1.54) is 100 Å². The molecule has 0 N–H and O–H groups in total. The van der Waals surface area contributed by atoms with Gasteiger partial charge in [0.1, 0.15) is 0 Å². The summed E-state index contributed by atoms with van der Waals surface area (Å²) in [6.45, 7) is 0. The van der Waals surface area contributed by atoms with E-state index in [0.29, 0.717) is 0 Å². The molecule has 0 aliphatic heterocycles. The second-order valence-corrected chi connectivity index (χ2v) is 13.1. The molecule has 0 aromatic heterocycles. The van der Waals surface area contributed by atoms with Crippen LogP contribution in [-0.4, -0.2) is 0 Å². The highest BCUT2D eigenvalue weighted by molar-refractivity contribution is 6.19. The molecular weight excluding hydrogens is 553 g/mol. The van der Waals surface area contributed by atoms with Gasteiger partial charge in [-0.2, -0.15) is 0 Å². The summed E-state index contributed by atoms with van der Waals surface area (Å²) in [7, 11) is 0. The molecule has 0 spiro atoms. The van der Waals surface area contributed by atoms with Gasteiger partial charge in [-0.3, -0.25) is 0 Å². The lowest BCUT2D eigenvalue weighted by Gasteiger charge is -2.24. The second kappa shape index (κ2) is 8.93. The Kier molecular flexibility index (Phi) is 4.77. The molecule has 212 valence electrons. The molecule has 0 heterocycles. The first kappa shape index (κ1) is 24.6. The maximum atomic E-state index is 2.57. The highest BCUT2D eigenvalue weighted by atomic mass is 14.4. The van der Waals surface area contributed by atoms with Crippen molar-refractivity contribution >= 4 is 11.1 Å². The molecule has 0 nitrogen and oxygen atoms in total. The summed E-state index contributed by atoms with van der Waals surface area (Å²) < 4.78 is 0. The summed E-state index contributed by atoms with van der Waals surface area (Å²) in [5, 5.41) is 0. The summed E-state index contributed by atoms with van der Waals surface area (Å²) in [4.78, 5) is 0. The quantitative estimate of drug-likeness (QED) is 0.181. The summed E-state index contributed by atoms with van der Waals surface area (Å²) in [6, 6.07) is 59.4. The molecule has 0 bridgehead atoms. The maximum absolute atomic E-state index is 2.57. The Morgan fingerprint density at radius 3 is 1.02 bits per heavy atom. The lowest BCUT2D eigenvalue weighted by Crippen LogP contribution is -2.10. The molecule has 1 atom stereocenters. The molecular formula is C46H28. The molecule has 4 aliphatic rings. The van der Waals surface area contributed by atoms with Gasteiger partial charge in [0.05, 0.1) is 0 Å². The van der Waals surface area contributed by atoms with Gasteiger partial charge in [0, 0.05) is 11.8 Å². The van der Waals surface area contributed by atoms with Crippen molar-refractivity contribution in [3.63, 3.8) is 0 Å². The van der Waals surface area contributed by atoms with Gasteiger partial charge in [0.25, 0.3) is 0 Å². The average molecular weight is 581 g/mol. The number of rotatable bonds is 1. The number of hydrogen-bond donors (Lipinski definition) is 0. The van der Waals surface area contributed by atoms with E-state index in [9.17, 15) is 0 Å². The molecule has 0 radical (unpaired) electrons. The first-order valence-corrected chi connectivity index (χ1v) is 16.4. The topological polar surface area (TPSA) is 0 Å². The van der Waals surface area contributed by atoms with E-state index < -0.39 is 0 Å². The van der Waals surface area contributed by atoms with E-state index in [0.717, 1.165) is 0 Å². The minimum atomic E-state index is 0.248. The van der Waals surface area contributed by atoms with Crippen LogP contribution in [0, 0.1) is 0 Å². The van der Waals surface area contributed by atoms with Crippen molar-refractivity contribution < 1.29 is 0 Å². The van der Waals surface area contributed by atoms with Crippen LogP contribution < -0.4 is 0 Å². The molecule has 0 amide bonds. The van der Waals surface area contributed by atoms with Gasteiger partial charge < -0.3 is 0 Å². The lowest BCUT2D eigenvalue weighted by atomic mass is 9.78. The largest absolute Gasteiger partial charge is 0.0619 e. The number of fused-ring (bicyclic) bond motifs is 12. The molecule has 1 unspecified atom stereocenters. The molecule has 46 heavy (non-hydrogen) atoms. The van der Waals surface area contributed by atoms with Crippen molar-refractivity contribution in [2.24, 2.45) is 0 Å². The Labute approximate surface area is 269 Å². The van der Waals surface area contributed by atoms with Crippen LogP contribution in [0.3, 0.4) is 0 Å². The fourth-order valence-electron chi connectivity index (χ4n) is 9.27. The predicted octanol–water partition coefficient (Wildman–Crippen LogP) is 11.6. The van der Waals surface area contributed by atoms with Gasteiger partial charge in [0.15, 0.2) is 0 Å². The smallest absolute Gasteiger partial charge is 0.0212 e. The number of benzene rings is 7. The van der Waals surface area contributed by atoms with Gasteiger partial charge in [-0.1, -0.05) is 146 Å². The molecule has 0 heteroatoms. The minimum Gasteiger partial charge on any atom is -0.0619 e. The van der Waals surface area contributed by atoms with Gasteiger partial charge >= 0.3 is 0 Å². The summed E-state index contributed by atoms with van der Waals surface area (Å²) in [6.07, 6.45) is 0. The van der Waals surface area contributed by atoms with Gasteiger partial charge in [-0.25, -0.2) is 0 Å². The number of hydrogen-bond acceptors (Lipinski definition) is 0. The molecule has 7 aromatic rings. The SMILES string of the molecule is c1ccc2c(c1)C(=C1c3ccccc3-c3cc4c(cc31)-c1ccccc1C4C1c3ccccc3-c3ccccc31)c1ccccc1-2. The third-order valence-corrected chi connectivity index (χ3v) is 11.0. The normalized spacial score (nSPS) is 15.9. The van der Waals surface area contributed by atoms with E-state index in [4.69, 9.17) is 0 Å². The predicted molar refractivity (Wildman–Crippen MR) is 190 cm³/mol. The Balaban J connectivity index is 1.22. The first-order valence-electron chi connectivity index (χ1n) is 16.4. The Bertz CT molecular complexity index is 2400. The molecule has 7 aromatic carbocycles. The fourth-order valence-corrected chi connectivity index (χ4v) is 9.27. The van der Waals surface area contributed by atoms with Gasteiger partial charge in [-0.05, 0) is 112 Å². The standard InChI is InChI=1S/C46H28/c1-7-19-33-27(13-1)28-14-2-8-20-34(28)43(33)45-37-23-11-5-17-31(37)39-26-42-40(25-41(39)45)32-18-6-12-24-38(32)46(42)44-35-21-9-3-15-29(35)30-16-4-10-22-36(30)44/h1-26,43,45H. The average Bonchev–Trinajstić information content (AvgIpc) is 3.82. The van der Waals surface area contributed by atoms with Crippen molar-refractivity contribution in [3.8, 4) is 44.5 Å². The van der Waals surface area contributed by atoms with Crippen LogP contribution in [0.25, 0.3) is 55.7 Å². The van der Waals surface area contributed by atoms with E-state index in [2.05, 4.69) is 158 Å². The van der Waals surface area contributed by atoms with Crippen LogP contribution in [0.2, 0.25) is 0 Å². The third kappa shape index (κ3) is 3.04. The Morgan fingerprint density at radius 2 is 0.543 bits per heavy atom. The zero-order chi connectivity index (χ0) is 29.9.